The molecule has 3 rings (SSSR count). The molecule has 0 saturated carbocycles. The fourth-order valence-corrected chi connectivity index (χ4v) is 1.91. The van der Waals surface area contributed by atoms with Gasteiger partial charge in [0.05, 0.1) is 10.6 Å². The Morgan fingerprint density at radius 2 is 2.05 bits per heavy atom. The van der Waals surface area contributed by atoms with Gasteiger partial charge < -0.3 is 0 Å². The predicted octanol–water partition coefficient (Wildman–Crippen LogP) is 2.23. The summed E-state index contributed by atoms with van der Waals surface area (Å²) in [5.74, 6) is 0.652. The molecule has 0 atom stereocenters. The third-order valence-corrected chi connectivity index (χ3v) is 2.82. The molecule has 6 nitrogen and oxygen atoms in total. The van der Waals surface area contributed by atoms with E-state index in [0.717, 1.165) is 11.3 Å². The highest BCUT2D eigenvalue weighted by Gasteiger charge is 2.06. The second-order valence-corrected chi connectivity index (χ2v) is 4.16. The molecule has 0 aliphatic rings. The van der Waals surface area contributed by atoms with E-state index in [1.165, 1.54) is 12.1 Å². The van der Waals surface area contributed by atoms with Crippen LogP contribution in [0.4, 0.5) is 5.69 Å². The summed E-state index contributed by atoms with van der Waals surface area (Å²) in [6.45, 7) is 0. The average Bonchev–Trinajstić information content (AvgIpc) is 2.81. The molecular formula is C13H10N4O2. The Kier molecular flexibility index (Phi) is 2.68. The Labute approximate surface area is 108 Å². The molecule has 0 spiro atoms. The quantitative estimate of drug-likeness (QED) is 0.530. The van der Waals surface area contributed by atoms with Crippen LogP contribution < -0.4 is 0 Å². The standard InChI is InChI=1S/C13H10N4O2/c18-17(19)12-4-2-10(3-5-12)8-11-9-16-7-1-6-14-13(16)15-11/h1-7,9H,8H2. The van der Waals surface area contributed by atoms with Gasteiger partial charge in [0.1, 0.15) is 0 Å². The first-order chi connectivity index (χ1) is 9.22. The molecule has 0 saturated heterocycles. The van der Waals surface area contributed by atoms with Crippen LogP contribution in [0.25, 0.3) is 5.78 Å². The van der Waals surface area contributed by atoms with Crippen LogP contribution >= 0.6 is 0 Å². The number of nitro benzene ring substituents is 1. The molecular weight excluding hydrogens is 244 g/mol. The van der Waals surface area contributed by atoms with Gasteiger partial charge in [-0.1, -0.05) is 12.1 Å². The van der Waals surface area contributed by atoms with E-state index in [1.54, 1.807) is 18.3 Å². The SMILES string of the molecule is O=[N+]([O-])c1ccc(Cc2cn3cccnc3n2)cc1. The monoisotopic (exact) mass is 254 g/mol. The third-order valence-electron chi connectivity index (χ3n) is 2.82. The summed E-state index contributed by atoms with van der Waals surface area (Å²) in [6, 6.07) is 8.34. The topological polar surface area (TPSA) is 73.3 Å². The summed E-state index contributed by atoms with van der Waals surface area (Å²) < 4.78 is 1.85. The number of imidazole rings is 1. The molecule has 3 aromatic rings. The minimum absolute atomic E-state index is 0.0976. The first kappa shape index (κ1) is 11.3. The molecule has 0 aliphatic heterocycles. The first-order valence-electron chi connectivity index (χ1n) is 5.74. The molecule has 2 heterocycles. The van der Waals surface area contributed by atoms with E-state index in [9.17, 15) is 10.1 Å². The predicted molar refractivity (Wildman–Crippen MR) is 68.9 cm³/mol. The molecule has 1 aromatic carbocycles. The van der Waals surface area contributed by atoms with Gasteiger partial charge in [0.15, 0.2) is 0 Å². The second kappa shape index (κ2) is 4.49. The maximum absolute atomic E-state index is 10.6. The summed E-state index contributed by atoms with van der Waals surface area (Å²) in [6.07, 6.45) is 6.11. The Hall–Kier alpha value is -2.76. The summed E-state index contributed by atoms with van der Waals surface area (Å²) in [5, 5.41) is 10.6. The summed E-state index contributed by atoms with van der Waals surface area (Å²) in [5.41, 5.74) is 1.96. The molecule has 0 fully saturated rings. The minimum Gasteiger partial charge on any atom is -0.291 e. The van der Waals surface area contributed by atoms with Crippen molar-refractivity contribution in [1.82, 2.24) is 14.4 Å². The number of aromatic nitrogens is 3. The zero-order valence-electron chi connectivity index (χ0n) is 9.93. The zero-order chi connectivity index (χ0) is 13.2. The Morgan fingerprint density at radius 1 is 1.26 bits per heavy atom. The minimum atomic E-state index is -0.404. The number of fused-ring (bicyclic) bond motifs is 1. The highest BCUT2D eigenvalue weighted by Crippen LogP contribution is 2.15. The summed E-state index contributed by atoms with van der Waals surface area (Å²) in [7, 11) is 0. The summed E-state index contributed by atoms with van der Waals surface area (Å²) in [4.78, 5) is 18.7. The molecule has 2 aromatic heterocycles. The lowest BCUT2D eigenvalue weighted by Crippen LogP contribution is -1.91. The average molecular weight is 254 g/mol. The molecule has 94 valence electrons. The fourth-order valence-electron chi connectivity index (χ4n) is 1.91. The van der Waals surface area contributed by atoms with E-state index in [0.29, 0.717) is 12.2 Å². The van der Waals surface area contributed by atoms with Crippen molar-refractivity contribution < 1.29 is 4.92 Å². The van der Waals surface area contributed by atoms with E-state index < -0.39 is 4.92 Å². The Morgan fingerprint density at radius 3 is 2.74 bits per heavy atom. The van der Waals surface area contributed by atoms with Crippen molar-refractivity contribution in [1.29, 1.82) is 0 Å². The zero-order valence-corrected chi connectivity index (χ0v) is 9.93. The third kappa shape index (κ3) is 2.28. The van der Waals surface area contributed by atoms with Gasteiger partial charge in [-0.2, -0.15) is 0 Å². The smallest absolute Gasteiger partial charge is 0.269 e. The number of hydrogen-bond donors (Lipinski definition) is 0. The van der Waals surface area contributed by atoms with E-state index in [4.69, 9.17) is 0 Å². The first-order valence-corrected chi connectivity index (χ1v) is 5.74. The van der Waals surface area contributed by atoms with Gasteiger partial charge in [-0.05, 0) is 11.6 Å². The number of nitro groups is 1. The van der Waals surface area contributed by atoms with Crippen molar-refractivity contribution in [2.75, 3.05) is 0 Å². The van der Waals surface area contributed by atoms with Crippen molar-refractivity contribution >= 4 is 11.5 Å². The van der Waals surface area contributed by atoms with Gasteiger partial charge in [0, 0.05) is 37.1 Å². The van der Waals surface area contributed by atoms with E-state index in [1.807, 2.05) is 22.9 Å². The van der Waals surface area contributed by atoms with Crippen molar-refractivity contribution in [3.05, 3.63) is 70.3 Å². The fraction of sp³-hybridized carbons (Fsp3) is 0.0769. The highest BCUT2D eigenvalue weighted by atomic mass is 16.6. The second-order valence-electron chi connectivity index (χ2n) is 4.16. The maximum Gasteiger partial charge on any atom is 0.269 e. The van der Waals surface area contributed by atoms with Crippen molar-refractivity contribution in [3.63, 3.8) is 0 Å². The Balaban J connectivity index is 1.86. The summed E-state index contributed by atoms with van der Waals surface area (Å²) >= 11 is 0. The maximum atomic E-state index is 10.6. The van der Waals surface area contributed by atoms with Crippen LogP contribution in [0.1, 0.15) is 11.3 Å². The molecule has 0 bridgehead atoms. The number of benzene rings is 1. The molecule has 6 heteroatoms. The van der Waals surface area contributed by atoms with Gasteiger partial charge in [-0.25, -0.2) is 9.97 Å². The van der Waals surface area contributed by atoms with Gasteiger partial charge in [-0.3, -0.25) is 14.5 Å². The van der Waals surface area contributed by atoms with Crippen molar-refractivity contribution in [3.8, 4) is 0 Å². The molecule has 0 amide bonds. The van der Waals surface area contributed by atoms with E-state index in [2.05, 4.69) is 9.97 Å². The van der Waals surface area contributed by atoms with Crippen LogP contribution in [0.5, 0.6) is 0 Å². The van der Waals surface area contributed by atoms with Crippen LogP contribution in [0.15, 0.2) is 48.9 Å². The number of non-ortho nitro benzene ring substituents is 1. The van der Waals surface area contributed by atoms with Gasteiger partial charge in [0.25, 0.3) is 5.69 Å². The van der Waals surface area contributed by atoms with Crippen LogP contribution in [0, 0.1) is 10.1 Å². The van der Waals surface area contributed by atoms with Crippen molar-refractivity contribution in [2.24, 2.45) is 0 Å². The number of rotatable bonds is 3. The largest absolute Gasteiger partial charge is 0.291 e. The Bertz CT molecular complexity index is 701. The van der Waals surface area contributed by atoms with Gasteiger partial charge in [0.2, 0.25) is 5.78 Å². The molecule has 0 unspecified atom stereocenters. The molecule has 0 aliphatic carbocycles. The molecule has 0 N–H and O–H groups in total. The molecule has 0 radical (unpaired) electrons. The van der Waals surface area contributed by atoms with Crippen LogP contribution in [-0.2, 0) is 6.42 Å². The highest BCUT2D eigenvalue weighted by molar-refractivity contribution is 5.36. The van der Waals surface area contributed by atoms with Crippen molar-refractivity contribution in [2.45, 2.75) is 6.42 Å². The van der Waals surface area contributed by atoms with Crippen LogP contribution in [-0.4, -0.2) is 19.3 Å². The normalized spacial score (nSPS) is 10.7. The lowest BCUT2D eigenvalue weighted by molar-refractivity contribution is -0.384. The van der Waals surface area contributed by atoms with E-state index >= 15 is 0 Å². The van der Waals surface area contributed by atoms with Crippen LogP contribution in [0.2, 0.25) is 0 Å². The lowest BCUT2D eigenvalue weighted by Gasteiger charge is -1.97. The molecule has 19 heavy (non-hydrogen) atoms. The van der Waals surface area contributed by atoms with Gasteiger partial charge >= 0.3 is 0 Å². The van der Waals surface area contributed by atoms with Crippen LogP contribution in [0.3, 0.4) is 0 Å². The number of hydrogen-bond acceptors (Lipinski definition) is 4. The number of nitrogens with zero attached hydrogens (tertiary/aromatic N) is 4. The van der Waals surface area contributed by atoms with E-state index in [-0.39, 0.29) is 5.69 Å². The van der Waals surface area contributed by atoms with Gasteiger partial charge in [-0.15, -0.1) is 0 Å². The lowest BCUT2D eigenvalue weighted by atomic mass is 10.1.